The second-order valence-corrected chi connectivity index (χ2v) is 11.6. The molecule has 1 aromatic rings. The van der Waals surface area contributed by atoms with Gasteiger partial charge in [-0.25, -0.2) is 0 Å². The zero-order valence-corrected chi connectivity index (χ0v) is 26.1. The standard InChI is InChI=1S/C35H52O6/c1-6-7-8-9-10-11-12-13-14-15-16-17-18-19-34(38)40-25-28-22-33(39-5)30-23-32(41-35(30)31(28)24-36)27(4)21-29(37)20-26(2)3/h20-22,24,32H,6-19,23,25H2,1-5H3/b27-21-/t32-/m0/s1. The lowest BCUT2D eigenvalue weighted by Gasteiger charge is -2.14. The molecule has 0 saturated carbocycles. The molecule has 0 N–H and O–H groups in total. The molecule has 0 unspecified atom stereocenters. The summed E-state index contributed by atoms with van der Waals surface area (Å²) in [4.78, 5) is 36.7. The van der Waals surface area contributed by atoms with E-state index in [1.165, 1.54) is 64.2 Å². The molecule has 1 aromatic carbocycles. The van der Waals surface area contributed by atoms with Crippen LogP contribution < -0.4 is 9.47 Å². The van der Waals surface area contributed by atoms with Crippen LogP contribution in [0.4, 0.5) is 0 Å². The van der Waals surface area contributed by atoms with Gasteiger partial charge < -0.3 is 14.2 Å². The van der Waals surface area contributed by atoms with Gasteiger partial charge in [-0.3, -0.25) is 14.4 Å². The summed E-state index contributed by atoms with van der Waals surface area (Å²) < 4.78 is 17.3. The maximum atomic E-state index is 12.4. The third-order valence-corrected chi connectivity index (χ3v) is 7.64. The van der Waals surface area contributed by atoms with E-state index in [1.807, 2.05) is 20.8 Å². The van der Waals surface area contributed by atoms with E-state index >= 15 is 0 Å². The first-order valence-electron chi connectivity index (χ1n) is 15.7. The Balaban J connectivity index is 1.78. The van der Waals surface area contributed by atoms with Crippen molar-refractivity contribution in [3.8, 4) is 11.5 Å². The van der Waals surface area contributed by atoms with Gasteiger partial charge in [0.05, 0.1) is 12.7 Å². The van der Waals surface area contributed by atoms with Crippen LogP contribution in [0.25, 0.3) is 0 Å². The number of ketones is 1. The minimum absolute atomic E-state index is 0.0170. The van der Waals surface area contributed by atoms with Gasteiger partial charge in [-0.2, -0.15) is 0 Å². The highest BCUT2D eigenvalue weighted by molar-refractivity contribution is 6.00. The van der Waals surface area contributed by atoms with Gasteiger partial charge in [-0.05, 0) is 51.0 Å². The molecular formula is C35H52O6. The molecule has 6 heteroatoms. The quantitative estimate of drug-likeness (QED) is 0.0638. The molecule has 0 aliphatic carbocycles. The molecule has 0 amide bonds. The summed E-state index contributed by atoms with van der Waals surface area (Å²) >= 11 is 0. The lowest BCUT2D eigenvalue weighted by molar-refractivity contribution is -0.145. The topological polar surface area (TPSA) is 78.9 Å². The third kappa shape index (κ3) is 12.2. The fourth-order valence-electron chi connectivity index (χ4n) is 5.29. The Morgan fingerprint density at radius 3 is 2.02 bits per heavy atom. The van der Waals surface area contributed by atoms with Crippen LogP contribution in [-0.4, -0.2) is 31.3 Å². The van der Waals surface area contributed by atoms with Crippen LogP contribution in [0, 0.1) is 0 Å². The molecular weight excluding hydrogens is 516 g/mol. The van der Waals surface area contributed by atoms with E-state index in [4.69, 9.17) is 14.2 Å². The van der Waals surface area contributed by atoms with E-state index < -0.39 is 0 Å². The summed E-state index contributed by atoms with van der Waals surface area (Å²) in [5.41, 5.74) is 3.39. The van der Waals surface area contributed by atoms with Crippen LogP contribution >= 0.6 is 0 Å². The molecule has 0 spiro atoms. The number of unbranched alkanes of at least 4 members (excludes halogenated alkanes) is 12. The smallest absolute Gasteiger partial charge is 0.306 e. The van der Waals surface area contributed by atoms with Crippen molar-refractivity contribution in [2.45, 2.75) is 137 Å². The molecule has 0 fully saturated rings. The van der Waals surface area contributed by atoms with E-state index in [9.17, 15) is 14.4 Å². The number of carbonyl (C=O) groups is 3. The first-order chi connectivity index (χ1) is 19.8. The van der Waals surface area contributed by atoms with Gasteiger partial charge in [0.1, 0.15) is 24.2 Å². The zero-order valence-electron chi connectivity index (χ0n) is 26.1. The maximum absolute atomic E-state index is 12.4. The lowest BCUT2D eigenvalue weighted by atomic mass is 9.98. The molecule has 1 atom stereocenters. The number of methoxy groups -OCH3 is 1. The predicted molar refractivity (Wildman–Crippen MR) is 165 cm³/mol. The number of carbonyl (C=O) groups excluding carboxylic acids is 3. The van der Waals surface area contributed by atoms with Gasteiger partial charge in [0.15, 0.2) is 12.1 Å². The third-order valence-electron chi connectivity index (χ3n) is 7.64. The predicted octanol–water partition coefficient (Wildman–Crippen LogP) is 8.82. The van der Waals surface area contributed by atoms with E-state index in [-0.39, 0.29) is 24.5 Å². The number of fused-ring (bicyclic) bond motifs is 1. The van der Waals surface area contributed by atoms with E-state index in [1.54, 1.807) is 25.3 Å². The Kier molecular flexibility index (Phi) is 16.1. The van der Waals surface area contributed by atoms with Crippen molar-refractivity contribution in [2.75, 3.05) is 7.11 Å². The largest absolute Gasteiger partial charge is 0.496 e. The Morgan fingerprint density at radius 1 is 0.902 bits per heavy atom. The van der Waals surface area contributed by atoms with E-state index in [0.717, 1.165) is 42.3 Å². The molecule has 1 aliphatic heterocycles. The summed E-state index contributed by atoms with van der Waals surface area (Å²) in [5.74, 6) is 0.661. The van der Waals surface area contributed by atoms with Gasteiger partial charge in [0.25, 0.3) is 0 Å². The molecule has 0 radical (unpaired) electrons. The number of benzene rings is 1. The van der Waals surface area contributed by atoms with Crippen molar-refractivity contribution < 1.29 is 28.6 Å². The van der Waals surface area contributed by atoms with Gasteiger partial charge in [-0.1, -0.05) is 89.5 Å². The number of allylic oxidation sites excluding steroid dienone is 3. The van der Waals surface area contributed by atoms with E-state index in [2.05, 4.69) is 6.92 Å². The summed E-state index contributed by atoms with van der Waals surface area (Å²) in [6, 6.07) is 1.75. The second kappa shape index (κ2) is 19.3. The van der Waals surface area contributed by atoms with E-state index in [0.29, 0.717) is 35.5 Å². The highest BCUT2D eigenvalue weighted by Crippen LogP contribution is 2.42. The summed E-state index contributed by atoms with van der Waals surface area (Å²) in [6.45, 7) is 7.83. The number of hydrogen-bond donors (Lipinski definition) is 0. The van der Waals surface area contributed by atoms with Crippen LogP contribution in [0.2, 0.25) is 0 Å². The van der Waals surface area contributed by atoms with Crippen LogP contribution in [-0.2, 0) is 27.4 Å². The molecule has 0 saturated heterocycles. The number of ether oxygens (including phenoxy) is 3. The summed E-state index contributed by atoms with van der Waals surface area (Å²) in [5, 5.41) is 0. The Labute approximate surface area is 247 Å². The molecule has 0 aromatic heterocycles. The minimum Gasteiger partial charge on any atom is -0.496 e. The second-order valence-electron chi connectivity index (χ2n) is 11.6. The molecule has 228 valence electrons. The number of hydrogen-bond acceptors (Lipinski definition) is 6. The van der Waals surface area contributed by atoms with Crippen molar-refractivity contribution in [1.29, 1.82) is 0 Å². The SMILES string of the molecule is CCCCCCCCCCCCCCCC(=O)OCc1cc(OC)c2c(c1C=O)O[C@H](/C(C)=C\C(=O)C=C(C)C)C2. The molecule has 41 heavy (non-hydrogen) atoms. The Hall–Kier alpha value is -2.89. The van der Waals surface area contributed by atoms with Crippen molar-refractivity contribution in [2.24, 2.45) is 0 Å². The molecule has 1 heterocycles. The molecule has 0 bridgehead atoms. The molecule has 6 nitrogen and oxygen atoms in total. The maximum Gasteiger partial charge on any atom is 0.306 e. The van der Waals surface area contributed by atoms with Crippen molar-refractivity contribution >= 4 is 18.0 Å². The van der Waals surface area contributed by atoms with Gasteiger partial charge in [0.2, 0.25) is 0 Å². The first kappa shape index (κ1) is 34.3. The van der Waals surface area contributed by atoms with Crippen LogP contribution in [0.1, 0.15) is 139 Å². The van der Waals surface area contributed by atoms with Gasteiger partial charge in [-0.15, -0.1) is 0 Å². The number of aldehydes is 1. The monoisotopic (exact) mass is 568 g/mol. The Bertz CT molecular complexity index is 1050. The zero-order chi connectivity index (χ0) is 30.0. The number of rotatable bonds is 21. The normalized spacial score (nSPS) is 14.3. The van der Waals surface area contributed by atoms with Crippen molar-refractivity contribution in [3.05, 3.63) is 46.1 Å². The van der Waals surface area contributed by atoms with Gasteiger partial charge in [0, 0.05) is 24.0 Å². The highest BCUT2D eigenvalue weighted by atomic mass is 16.5. The average Bonchev–Trinajstić information content (AvgIpc) is 3.39. The van der Waals surface area contributed by atoms with Crippen molar-refractivity contribution in [1.82, 2.24) is 0 Å². The minimum atomic E-state index is -0.375. The molecule has 1 aliphatic rings. The fourth-order valence-corrected chi connectivity index (χ4v) is 5.29. The Morgan fingerprint density at radius 2 is 1.49 bits per heavy atom. The van der Waals surface area contributed by atoms with Gasteiger partial charge >= 0.3 is 5.97 Å². The lowest BCUT2D eigenvalue weighted by Crippen LogP contribution is -2.15. The number of esters is 1. The summed E-state index contributed by atoms with van der Waals surface area (Å²) in [7, 11) is 1.56. The van der Waals surface area contributed by atoms with Crippen molar-refractivity contribution in [3.63, 3.8) is 0 Å². The highest BCUT2D eigenvalue weighted by Gasteiger charge is 2.32. The van der Waals surface area contributed by atoms with Crippen LogP contribution in [0.15, 0.2) is 29.4 Å². The average molecular weight is 569 g/mol. The fraction of sp³-hybridized carbons (Fsp3) is 0.629. The first-order valence-corrected chi connectivity index (χ1v) is 15.7. The van der Waals surface area contributed by atoms with Crippen LogP contribution in [0.5, 0.6) is 11.5 Å². The molecule has 2 rings (SSSR count). The summed E-state index contributed by atoms with van der Waals surface area (Å²) in [6.07, 6.45) is 20.7. The van der Waals surface area contributed by atoms with Crippen LogP contribution in [0.3, 0.4) is 0 Å².